The molecule has 22 heavy (non-hydrogen) atoms. The molecule has 0 saturated carbocycles. The van der Waals surface area contributed by atoms with Crippen molar-refractivity contribution in [1.29, 1.82) is 0 Å². The van der Waals surface area contributed by atoms with Crippen LogP contribution in [0.1, 0.15) is 15.9 Å². The van der Waals surface area contributed by atoms with Crippen LogP contribution < -0.4 is 5.32 Å². The molecule has 0 spiro atoms. The van der Waals surface area contributed by atoms with Crippen molar-refractivity contribution in [3.8, 4) is 0 Å². The van der Waals surface area contributed by atoms with Crippen LogP contribution in [0.15, 0.2) is 42.5 Å². The van der Waals surface area contributed by atoms with Crippen molar-refractivity contribution in [2.24, 2.45) is 0 Å². The fraction of sp³-hybridized carbons (Fsp3) is 0.188. The quantitative estimate of drug-likeness (QED) is 0.465. The first-order valence-electron chi connectivity index (χ1n) is 6.62. The van der Waals surface area contributed by atoms with Crippen LogP contribution in [0.25, 0.3) is 0 Å². The Kier molecular flexibility index (Phi) is 7.34. The van der Waals surface area contributed by atoms with Gasteiger partial charge in [0.25, 0.3) is 5.91 Å². The summed E-state index contributed by atoms with van der Waals surface area (Å²) >= 11 is 16.1. The van der Waals surface area contributed by atoms with Gasteiger partial charge in [0, 0.05) is 37.2 Å². The van der Waals surface area contributed by atoms with Gasteiger partial charge in [0.2, 0.25) is 0 Å². The summed E-state index contributed by atoms with van der Waals surface area (Å²) in [5.74, 6) is 1.49. The predicted molar refractivity (Wildman–Crippen MR) is 104 cm³/mol. The minimum atomic E-state index is -0.0464. The molecule has 0 heterocycles. The van der Waals surface area contributed by atoms with Gasteiger partial charge < -0.3 is 5.32 Å². The second-order valence-electron chi connectivity index (χ2n) is 4.52. The number of halogens is 3. The van der Waals surface area contributed by atoms with Gasteiger partial charge in [-0.2, -0.15) is 11.8 Å². The summed E-state index contributed by atoms with van der Waals surface area (Å²) in [6.07, 6.45) is 0. The Morgan fingerprint density at radius 2 is 1.82 bits per heavy atom. The van der Waals surface area contributed by atoms with E-state index in [0.717, 1.165) is 20.6 Å². The van der Waals surface area contributed by atoms with Crippen molar-refractivity contribution in [2.45, 2.75) is 5.75 Å². The Hall–Kier alpha value is -0.430. The Balaban J connectivity index is 1.75. The lowest BCUT2D eigenvalue weighted by atomic mass is 10.2. The summed E-state index contributed by atoms with van der Waals surface area (Å²) in [4.78, 5) is 12.0. The zero-order valence-corrected chi connectivity index (χ0v) is 16.1. The number of carbonyl (C=O) groups is 1. The highest BCUT2D eigenvalue weighted by molar-refractivity contribution is 14.1. The summed E-state index contributed by atoms with van der Waals surface area (Å²) in [6, 6.07) is 13.0. The molecule has 0 saturated heterocycles. The van der Waals surface area contributed by atoms with Crippen LogP contribution in [-0.2, 0) is 5.75 Å². The van der Waals surface area contributed by atoms with Gasteiger partial charge in [-0.05, 0) is 58.5 Å². The van der Waals surface area contributed by atoms with E-state index in [4.69, 9.17) is 23.2 Å². The predicted octanol–water partition coefficient (Wildman–Crippen LogP) is 5.26. The summed E-state index contributed by atoms with van der Waals surface area (Å²) in [5.41, 5.74) is 1.63. The molecule has 0 aliphatic heterocycles. The first-order valence-corrected chi connectivity index (χ1v) is 9.61. The molecular formula is C16H14Cl2INOS. The highest BCUT2D eigenvalue weighted by atomic mass is 127. The number of nitrogens with one attached hydrogen (secondary N) is 1. The smallest absolute Gasteiger partial charge is 0.251 e. The van der Waals surface area contributed by atoms with Crippen LogP contribution in [0.2, 0.25) is 10.0 Å². The van der Waals surface area contributed by atoms with Gasteiger partial charge in [-0.1, -0.05) is 35.3 Å². The number of rotatable bonds is 6. The zero-order valence-electron chi connectivity index (χ0n) is 11.6. The number of hydrogen-bond donors (Lipinski definition) is 1. The van der Waals surface area contributed by atoms with Gasteiger partial charge in [0.15, 0.2) is 0 Å². The topological polar surface area (TPSA) is 29.1 Å². The standard InChI is InChI=1S/C16H14Cl2INOS/c17-14-5-2-6-15(18)13(14)10-22-8-7-20-16(21)11-3-1-4-12(19)9-11/h1-6,9H,7-8,10H2,(H,20,21). The molecule has 0 aliphatic rings. The van der Waals surface area contributed by atoms with Gasteiger partial charge >= 0.3 is 0 Å². The second-order valence-corrected chi connectivity index (χ2v) is 7.68. The van der Waals surface area contributed by atoms with Gasteiger partial charge in [-0.3, -0.25) is 4.79 Å². The molecular weight excluding hydrogens is 452 g/mol. The lowest BCUT2D eigenvalue weighted by Crippen LogP contribution is -2.25. The molecule has 1 N–H and O–H groups in total. The van der Waals surface area contributed by atoms with Crippen LogP contribution in [0.5, 0.6) is 0 Å². The summed E-state index contributed by atoms with van der Waals surface area (Å²) < 4.78 is 1.05. The number of benzene rings is 2. The van der Waals surface area contributed by atoms with Crippen molar-refractivity contribution in [3.05, 3.63) is 67.2 Å². The van der Waals surface area contributed by atoms with E-state index >= 15 is 0 Å². The van der Waals surface area contributed by atoms with Crippen molar-refractivity contribution in [2.75, 3.05) is 12.3 Å². The fourth-order valence-electron chi connectivity index (χ4n) is 1.81. The molecule has 1 amide bonds. The zero-order chi connectivity index (χ0) is 15.9. The Morgan fingerprint density at radius 3 is 2.50 bits per heavy atom. The number of thioether (sulfide) groups is 1. The summed E-state index contributed by atoms with van der Waals surface area (Å²) in [6.45, 7) is 0.608. The van der Waals surface area contributed by atoms with Crippen LogP contribution >= 0.6 is 57.6 Å². The van der Waals surface area contributed by atoms with E-state index in [1.54, 1.807) is 11.8 Å². The van der Waals surface area contributed by atoms with Gasteiger partial charge in [0.05, 0.1) is 0 Å². The summed E-state index contributed by atoms with van der Waals surface area (Å²) in [5, 5.41) is 4.28. The van der Waals surface area contributed by atoms with Crippen molar-refractivity contribution >= 4 is 63.5 Å². The van der Waals surface area contributed by atoms with E-state index < -0.39 is 0 Å². The maximum absolute atomic E-state index is 12.0. The third-order valence-electron chi connectivity index (χ3n) is 2.93. The normalized spacial score (nSPS) is 10.5. The molecule has 0 fully saturated rings. The van der Waals surface area contributed by atoms with E-state index in [2.05, 4.69) is 27.9 Å². The van der Waals surface area contributed by atoms with E-state index in [0.29, 0.717) is 22.2 Å². The van der Waals surface area contributed by atoms with Crippen molar-refractivity contribution in [1.82, 2.24) is 5.32 Å². The molecule has 116 valence electrons. The first-order chi connectivity index (χ1) is 10.6. The minimum absolute atomic E-state index is 0.0464. The molecule has 2 nitrogen and oxygen atoms in total. The number of hydrogen-bond acceptors (Lipinski definition) is 2. The molecule has 0 radical (unpaired) electrons. The Morgan fingerprint density at radius 1 is 1.14 bits per heavy atom. The molecule has 0 aromatic heterocycles. The minimum Gasteiger partial charge on any atom is -0.351 e. The lowest BCUT2D eigenvalue weighted by Gasteiger charge is -2.08. The maximum Gasteiger partial charge on any atom is 0.251 e. The number of amides is 1. The first kappa shape index (κ1) is 17.9. The SMILES string of the molecule is O=C(NCCSCc1c(Cl)cccc1Cl)c1cccc(I)c1. The molecule has 2 aromatic carbocycles. The average Bonchev–Trinajstić information content (AvgIpc) is 2.49. The molecule has 2 aromatic rings. The van der Waals surface area contributed by atoms with E-state index in [1.165, 1.54) is 0 Å². The Bertz CT molecular complexity index is 646. The maximum atomic E-state index is 12.0. The molecule has 0 aliphatic carbocycles. The largest absolute Gasteiger partial charge is 0.351 e. The highest BCUT2D eigenvalue weighted by Gasteiger charge is 2.07. The van der Waals surface area contributed by atoms with E-state index in [9.17, 15) is 4.79 Å². The Labute approximate surface area is 158 Å². The lowest BCUT2D eigenvalue weighted by molar-refractivity contribution is 0.0956. The molecule has 2 rings (SSSR count). The van der Waals surface area contributed by atoms with E-state index in [-0.39, 0.29) is 5.91 Å². The van der Waals surface area contributed by atoms with Gasteiger partial charge in [0.1, 0.15) is 0 Å². The monoisotopic (exact) mass is 465 g/mol. The molecule has 0 atom stereocenters. The van der Waals surface area contributed by atoms with E-state index in [1.807, 2.05) is 42.5 Å². The van der Waals surface area contributed by atoms with Crippen LogP contribution in [0.3, 0.4) is 0 Å². The van der Waals surface area contributed by atoms with Crippen LogP contribution in [-0.4, -0.2) is 18.2 Å². The van der Waals surface area contributed by atoms with Crippen molar-refractivity contribution in [3.63, 3.8) is 0 Å². The number of carbonyl (C=O) groups excluding carboxylic acids is 1. The fourth-order valence-corrected chi connectivity index (χ4v) is 3.95. The molecule has 0 bridgehead atoms. The summed E-state index contributed by atoms with van der Waals surface area (Å²) in [7, 11) is 0. The van der Waals surface area contributed by atoms with Crippen molar-refractivity contribution < 1.29 is 4.79 Å². The van der Waals surface area contributed by atoms with Gasteiger partial charge in [-0.25, -0.2) is 0 Å². The molecule has 0 unspecified atom stereocenters. The van der Waals surface area contributed by atoms with Crippen LogP contribution in [0, 0.1) is 3.57 Å². The highest BCUT2D eigenvalue weighted by Crippen LogP contribution is 2.27. The molecule has 6 heteroatoms. The van der Waals surface area contributed by atoms with Crippen LogP contribution in [0.4, 0.5) is 0 Å². The third-order valence-corrected chi connectivity index (χ3v) is 5.29. The third kappa shape index (κ3) is 5.33. The average molecular weight is 466 g/mol. The second kappa shape index (κ2) is 9.01. The van der Waals surface area contributed by atoms with Gasteiger partial charge in [-0.15, -0.1) is 0 Å².